The van der Waals surface area contributed by atoms with Crippen molar-refractivity contribution in [3.05, 3.63) is 54.1 Å². The second-order valence-corrected chi connectivity index (χ2v) is 5.13. The van der Waals surface area contributed by atoms with E-state index in [0.717, 1.165) is 23.5 Å². The number of nitrogens with zero attached hydrogens (tertiary/aromatic N) is 2. The van der Waals surface area contributed by atoms with Crippen molar-refractivity contribution in [1.82, 2.24) is 10.3 Å². The van der Waals surface area contributed by atoms with Gasteiger partial charge in [-0.3, -0.25) is 4.98 Å². The molecule has 1 aliphatic rings. The maximum absolute atomic E-state index is 13.2. The molecule has 4 nitrogen and oxygen atoms in total. The van der Waals surface area contributed by atoms with Gasteiger partial charge >= 0.3 is 0 Å². The van der Waals surface area contributed by atoms with Gasteiger partial charge in [0.25, 0.3) is 0 Å². The third kappa shape index (κ3) is 3.08. The van der Waals surface area contributed by atoms with Gasteiger partial charge in [0.1, 0.15) is 5.82 Å². The molecule has 2 N–H and O–H groups in total. The number of benzene rings is 1. The van der Waals surface area contributed by atoms with Gasteiger partial charge in [0.05, 0.1) is 10.6 Å². The normalized spacial score (nSPS) is 13.2. The Bertz CT molecular complexity index is 630. The van der Waals surface area contributed by atoms with E-state index in [4.69, 9.17) is 0 Å². The van der Waals surface area contributed by atoms with Crippen LogP contribution in [0.15, 0.2) is 52.0 Å². The first-order valence-electron chi connectivity index (χ1n) is 6.25. The Labute approximate surface area is 120 Å². The average Bonchev–Trinajstić information content (AvgIpc) is 2.48. The minimum Gasteiger partial charge on any atom is -0.355 e. The molecular weight excluding hydrogens is 275 g/mol. The number of hydrogen-bond donors (Lipinski definition) is 2. The molecule has 0 unspecified atom stereocenters. The number of anilines is 1. The molecule has 0 saturated carbocycles. The summed E-state index contributed by atoms with van der Waals surface area (Å²) >= 11 is 1.34. The summed E-state index contributed by atoms with van der Waals surface area (Å²) in [6.45, 7) is 0.751. The van der Waals surface area contributed by atoms with Crippen LogP contribution in [0.4, 0.5) is 10.1 Å². The van der Waals surface area contributed by atoms with E-state index in [0.29, 0.717) is 5.96 Å². The van der Waals surface area contributed by atoms with Crippen molar-refractivity contribution in [2.45, 2.75) is 11.3 Å². The highest BCUT2D eigenvalue weighted by atomic mass is 32.2. The van der Waals surface area contributed by atoms with Gasteiger partial charge in [0.2, 0.25) is 5.96 Å². The zero-order chi connectivity index (χ0) is 13.8. The lowest BCUT2D eigenvalue weighted by Crippen LogP contribution is -2.33. The Balaban J connectivity index is 1.56. The molecule has 0 aliphatic carbocycles. The average molecular weight is 288 g/mol. The molecule has 2 aromatic rings. The number of halogens is 1. The number of aromatic nitrogens is 1. The van der Waals surface area contributed by atoms with Gasteiger partial charge in [-0.25, -0.2) is 4.39 Å². The van der Waals surface area contributed by atoms with Crippen LogP contribution in [0.25, 0.3) is 0 Å². The van der Waals surface area contributed by atoms with Crippen molar-refractivity contribution in [1.29, 1.82) is 0 Å². The fraction of sp³-hybridized carbons (Fsp3) is 0.143. The highest BCUT2D eigenvalue weighted by Gasteiger charge is 2.12. The lowest BCUT2D eigenvalue weighted by molar-refractivity contribution is 0.627. The lowest BCUT2D eigenvalue weighted by Gasteiger charge is -2.18. The quantitative estimate of drug-likeness (QED) is 0.853. The van der Waals surface area contributed by atoms with E-state index in [1.54, 1.807) is 18.5 Å². The van der Waals surface area contributed by atoms with Gasteiger partial charge in [-0.05, 0) is 42.3 Å². The van der Waals surface area contributed by atoms with E-state index < -0.39 is 0 Å². The van der Waals surface area contributed by atoms with E-state index in [2.05, 4.69) is 20.0 Å². The van der Waals surface area contributed by atoms with Crippen molar-refractivity contribution in [3.8, 4) is 0 Å². The largest absolute Gasteiger partial charge is 0.355 e. The molecule has 1 aromatic heterocycles. The van der Waals surface area contributed by atoms with Crippen LogP contribution in [0.3, 0.4) is 0 Å². The van der Waals surface area contributed by atoms with E-state index in [9.17, 15) is 4.39 Å². The molecule has 1 aliphatic heterocycles. The molecule has 0 fully saturated rings. The topological polar surface area (TPSA) is 49.3 Å². The number of rotatable bonds is 3. The first-order chi connectivity index (χ1) is 9.81. The molecule has 2 heterocycles. The molecule has 102 valence electrons. The summed E-state index contributed by atoms with van der Waals surface area (Å²) in [6.07, 6.45) is 4.44. The fourth-order valence-corrected chi connectivity index (χ4v) is 2.51. The van der Waals surface area contributed by atoms with Crippen molar-refractivity contribution in [2.75, 3.05) is 11.9 Å². The number of hydrogen-bond acceptors (Lipinski definition) is 5. The summed E-state index contributed by atoms with van der Waals surface area (Å²) in [5, 5.41) is 6.30. The van der Waals surface area contributed by atoms with Gasteiger partial charge in [-0.2, -0.15) is 4.40 Å². The van der Waals surface area contributed by atoms with Crippen LogP contribution in [-0.4, -0.2) is 17.5 Å². The Morgan fingerprint density at radius 2 is 2.05 bits per heavy atom. The SMILES string of the molecule is Fc1ccc2c(c1)NC(NCCc1ccncc1)=NS2. The second kappa shape index (κ2) is 5.92. The van der Waals surface area contributed by atoms with Gasteiger partial charge in [-0.15, -0.1) is 0 Å². The Kier molecular flexibility index (Phi) is 3.83. The van der Waals surface area contributed by atoms with E-state index in [1.807, 2.05) is 12.1 Å². The fourth-order valence-electron chi connectivity index (χ4n) is 1.88. The zero-order valence-electron chi connectivity index (χ0n) is 10.6. The van der Waals surface area contributed by atoms with Crippen LogP contribution in [-0.2, 0) is 6.42 Å². The first-order valence-corrected chi connectivity index (χ1v) is 7.03. The minimum absolute atomic E-state index is 0.255. The molecular formula is C14H13FN4S. The van der Waals surface area contributed by atoms with E-state index in [1.165, 1.54) is 29.6 Å². The van der Waals surface area contributed by atoms with E-state index >= 15 is 0 Å². The van der Waals surface area contributed by atoms with Crippen molar-refractivity contribution >= 4 is 23.6 Å². The maximum atomic E-state index is 13.2. The second-order valence-electron chi connectivity index (χ2n) is 4.33. The predicted octanol–water partition coefficient (Wildman–Crippen LogP) is 2.84. The highest BCUT2D eigenvalue weighted by Crippen LogP contribution is 2.31. The van der Waals surface area contributed by atoms with Crippen molar-refractivity contribution < 1.29 is 4.39 Å². The molecule has 6 heteroatoms. The Morgan fingerprint density at radius 1 is 1.20 bits per heavy atom. The minimum atomic E-state index is -0.255. The summed E-state index contributed by atoms with van der Waals surface area (Å²) in [5.41, 5.74) is 1.96. The van der Waals surface area contributed by atoms with Gasteiger partial charge < -0.3 is 10.6 Å². The van der Waals surface area contributed by atoms with Crippen LogP contribution in [0.5, 0.6) is 0 Å². The molecule has 1 aromatic carbocycles. The standard InChI is InChI=1S/C14H13FN4S/c15-11-1-2-13-12(9-11)18-14(19-20-13)17-8-5-10-3-6-16-7-4-10/h1-4,6-7,9H,5,8H2,(H2,17,18,19). The van der Waals surface area contributed by atoms with Crippen LogP contribution < -0.4 is 10.6 Å². The predicted molar refractivity (Wildman–Crippen MR) is 79.3 cm³/mol. The Morgan fingerprint density at radius 3 is 2.90 bits per heavy atom. The van der Waals surface area contributed by atoms with Crippen molar-refractivity contribution in [2.24, 2.45) is 4.40 Å². The maximum Gasteiger partial charge on any atom is 0.207 e. The monoisotopic (exact) mass is 288 g/mol. The summed E-state index contributed by atoms with van der Waals surface area (Å²) < 4.78 is 17.5. The van der Waals surface area contributed by atoms with Gasteiger partial charge in [0, 0.05) is 30.9 Å². The lowest BCUT2D eigenvalue weighted by atomic mass is 10.2. The summed E-state index contributed by atoms with van der Waals surface area (Å²) in [4.78, 5) is 4.90. The molecule has 0 bridgehead atoms. The smallest absolute Gasteiger partial charge is 0.207 e. The summed E-state index contributed by atoms with van der Waals surface area (Å²) in [7, 11) is 0. The zero-order valence-corrected chi connectivity index (χ0v) is 11.5. The van der Waals surface area contributed by atoms with E-state index in [-0.39, 0.29) is 5.82 Å². The number of nitrogens with one attached hydrogen (secondary N) is 2. The molecule has 3 rings (SSSR count). The number of pyridine rings is 1. The number of fused-ring (bicyclic) bond motifs is 1. The third-order valence-electron chi connectivity index (χ3n) is 2.89. The molecule has 0 amide bonds. The third-order valence-corrected chi connectivity index (χ3v) is 3.71. The molecule has 20 heavy (non-hydrogen) atoms. The van der Waals surface area contributed by atoms with Gasteiger partial charge in [-0.1, -0.05) is 0 Å². The summed E-state index contributed by atoms with van der Waals surface area (Å²) in [6, 6.07) is 8.60. The highest BCUT2D eigenvalue weighted by molar-refractivity contribution is 7.98. The molecule has 0 atom stereocenters. The van der Waals surface area contributed by atoms with Crippen LogP contribution >= 0.6 is 11.9 Å². The molecule has 0 spiro atoms. The Hall–Kier alpha value is -2.08. The molecule has 0 radical (unpaired) electrons. The van der Waals surface area contributed by atoms with Crippen LogP contribution in [0, 0.1) is 5.82 Å². The van der Waals surface area contributed by atoms with Crippen LogP contribution in [0.1, 0.15) is 5.56 Å². The first kappa shape index (κ1) is 12.9. The molecule has 0 saturated heterocycles. The van der Waals surface area contributed by atoms with Gasteiger partial charge in [0.15, 0.2) is 0 Å². The summed E-state index contributed by atoms with van der Waals surface area (Å²) in [5.74, 6) is 0.400. The van der Waals surface area contributed by atoms with Crippen molar-refractivity contribution in [3.63, 3.8) is 0 Å². The number of guanidine groups is 1. The van der Waals surface area contributed by atoms with Crippen LogP contribution in [0.2, 0.25) is 0 Å².